The second-order valence-electron chi connectivity index (χ2n) is 6.44. The van der Waals surface area contributed by atoms with E-state index in [2.05, 4.69) is 10.3 Å². The lowest BCUT2D eigenvalue weighted by Gasteiger charge is -2.24. The van der Waals surface area contributed by atoms with Crippen LogP contribution in [0.3, 0.4) is 0 Å². The lowest BCUT2D eigenvalue weighted by molar-refractivity contribution is -0.126. The first kappa shape index (κ1) is 15.1. The van der Waals surface area contributed by atoms with Gasteiger partial charge in [-0.25, -0.2) is 4.98 Å². The Hall–Kier alpha value is -1.85. The third-order valence-electron chi connectivity index (χ3n) is 4.75. The molecule has 1 atom stereocenters. The molecule has 1 fully saturated rings. The first-order valence-corrected chi connectivity index (χ1v) is 8.17. The number of imidazole rings is 1. The zero-order chi connectivity index (χ0) is 15.7. The van der Waals surface area contributed by atoms with Crippen molar-refractivity contribution < 1.29 is 9.59 Å². The summed E-state index contributed by atoms with van der Waals surface area (Å²) in [5.41, 5.74) is 1.51. The van der Waals surface area contributed by atoms with Crippen molar-refractivity contribution >= 4 is 11.8 Å². The Morgan fingerprint density at radius 3 is 2.86 bits per heavy atom. The summed E-state index contributed by atoms with van der Waals surface area (Å²) in [5.74, 6) is 0.801. The van der Waals surface area contributed by atoms with Gasteiger partial charge in [0.15, 0.2) is 0 Å². The molecular formula is C16H24N4O2. The van der Waals surface area contributed by atoms with Crippen LogP contribution in [0.1, 0.15) is 42.4 Å². The van der Waals surface area contributed by atoms with E-state index in [4.69, 9.17) is 0 Å². The van der Waals surface area contributed by atoms with Gasteiger partial charge in [0.05, 0.1) is 17.9 Å². The molecule has 120 valence electrons. The maximum absolute atomic E-state index is 12.3. The first-order chi connectivity index (χ1) is 10.6. The van der Waals surface area contributed by atoms with Crippen molar-refractivity contribution in [1.82, 2.24) is 19.8 Å². The number of nitrogens with zero attached hydrogens (tertiary/aromatic N) is 3. The first-order valence-electron chi connectivity index (χ1n) is 8.17. The highest BCUT2D eigenvalue weighted by Crippen LogP contribution is 2.28. The third-order valence-corrected chi connectivity index (χ3v) is 4.75. The highest BCUT2D eigenvalue weighted by Gasteiger charge is 2.30. The van der Waals surface area contributed by atoms with Crippen molar-refractivity contribution in [2.45, 2.75) is 39.2 Å². The largest absolute Gasteiger partial charge is 0.356 e. The molecule has 0 aromatic carbocycles. The highest BCUT2D eigenvalue weighted by atomic mass is 16.2. The average Bonchev–Trinajstić information content (AvgIpc) is 3.28. The molecule has 1 aliphatic heterocycles. The molecule has 6 heteroatoms. The average molecular weight is 304 g/mol. The number of rotatable bonds is 5. The smallest absolute Gasteiger partial charge is 0.274 e. The molecule has 0 bridgehead atoms. The summed E-state index contributed by atoms with van der Waals surface area (Å²) in [6, 6.07) is 0. The number of carbonyl (C=O) groups is 2. The number of carbonyl (C=O) groups excluding carboxylic acids is 2. The molecule has 2 heterocycles. The Morgan fingerprint density at radius 2 is 2.18 bits per heavy atom. The molecule has 1 aliphatic carbocycles. The van der Waals surface area contributed by atoms with Crippen molar-refractivity contribution in [2.24, 2.45) is 11.8 Å². The SMILES string of the molecule is CCN(C)C(=O)c1ncn2c1CCC(C(=O)NCC1CC1)C2. The molecule has 0 radical (unpaired) electrons. The molecular weight excluding hydrogens is 280 g/mol. The van der Waals surface area contributed by atoms with Gasteiger partial charge in [-0.05, 0) is 38.5 Å². The van der Waals surface area contributed by atoms with Gasteiger partial charge in [-0.2, -0.15) is 0 Å². The number of fused-ring (bicyclic) bond motifs is 1. The molecule has 1 N–H and O–H groups in total. The van der Waals surface area contributed by atoms with E-state index >= 15 is 0 Å². The van der Waals surface area contributed by atoms with E-state index in [0.29, 0.717) is 24.7 Å². The Labute approximate surface area is 130 Å². The molecule has 1 unspecified atom stereocenters. The molecule has 22 heavy (non-hydrogen) atoms. The van der Waals surface area contributed by atoms with Gasteiger partial charge < -0.3 is 14.8 Å². The summed E-state index contributed by atoms with van der Waals surface area (Å²) in [7, 11) is 1.78. The van der Waals surface area contributed by atoms with Crippen molar-refractivity contribution in [2.75, 3.05) is 20.1 Å². The van der Waals surface area contributed by atoms with Crippen LogP contribution in [0.15, 0.2) is 6.33 Å². The predicted octanol–water partition coefficient (Wildman–Crippen LogP) is 1.06. The van der Waals surface area contributed by atoms with Crippen LogP contribution in [-0.4, -0.2) is 46.4 Å². The summed E-state index contributed by atoms with van der Waals surface area (Å²) >= 11 is 0. The zero-order valence-corrected chi connectivity index (χ0v) is 13.3. The molecule has 0 spiro atoms. The van der Waals surface area contributed by atoms with Crippen LogP contribution in [0.4, 0.5) is 0 Å². The third kappa shape index (κ3) is 3.00. The van der Waals surface area contributed by atoms with E-state index in [9.17, 15) is 9.59 Å². The van der Waals surface area contributed by atoms with Crippen LogP contribution in [0, 0.1) is 11.8 Å². The van der Waals surface area contributed by atoms with Gasteiger partial charge in [0, 0.05) is 26.7 Å². The molecule has 6 nitrogen and oxygen atoms in total. The number of nitrogens with one attached hydrogen (secondary N) is 1. The molecule has 1 aromatic rings. The number of aromatic nitrogens is 2. The van der Waals surface area contributed by atoms with E-state index < -0.39 is 0 Å². The van der Waals surface area contributed by atoms with Crippen LogP contribution in [0.2, 0.25) is 0 Å². The minimum atomic E-state index is -0.0344. The fourth-order valence-corrected chi connectivity index (χ4v) is 2.89. The minimum Gasteiger partial charge on any atom is -0.356 e. The quantitative estimate of drug-likeness (QED) is 0.884. The second-order valence-corrected chi connectivity index (χ2v) is 6.44. The van der Waals surface area contributed by atoms with Gasteiger partial charge >= 0.3 is 0 Å². The Kier molecular flexibility index (Phi) is 4.18. The minimum absolute atomic E-state index is 0.00712. The zero-order valence-electron chi connectivity index (χ0n) is 13.3. The van der Waals surface area contributed by atoms with Crippen LogP contribution >= 0.6 is 0 Å². The van der Waals surface area contributed by atoms with Gasteiger partial charge in [0.1, 0.15) is 5.69 Å². The Bertz CT molecular complexity index is 577. The van der Waals surface area contributed by atoms with E-state index in [0.717, 1.165) is 25.1 Å². The van der Waals surface area contributed by atoms with Crippen LogP contribution < -0.4 is 5.32 Å². The monoisotopic (exact) mass is 304 g/mol. The van der Waals surface area contributed by atoms with Crippen LogP contribution in [-0.2, 0) is 17.8 Å². The summed E-state index contributed by atoms with van der Waals surface area (Å²) in [5, 5.41) is 3.05. The van der Waals surface area contributed by atoms with Gasteiger partial charge in [-0.1, -0.05) is 0 Å². The summed E-state index contributed by atoms with van der Waals surface area (Å²) in [4.78, 5) is 30.4. The van der Waals surface area contributed by atoms with Gasteiger partial charge in [-0.3, -0.25) is 9.59 Å². The fraction of sp³-hybridized carbons (Fsp3) is 0.688. The van der Waals surface area contributed by atoms with E-state index in [1.54, 1.807) is 18.3 Å². The van der Waals surface area contributed by atoms with Crippen molar-refractivity contribution in [3.8, 4) is 0 Å². The summed E-state index contributed by atoms with van der Waals surface area (Å²) in [6.45, 7) is 4.05. The Morgan fingerprint density at radius 1 is 1.41 bits per heavy atom. The maximum atomic E-state index is 12.3. The highest BCUT2D eigenvalue weighted by molar-refractivity contribution is 5.93. The second kappa shape index (κ2) is 6.10. The summed E-state index contributed by atoms with van der Waals surface area (Å²) in [6.07, 6.45) is 5.71. The fourth-order valence-electron chi connectivity index (χ4n) is 2.89. The lowest BCUT2D eigenvalue weighted by Crippen LogP contribution is -2.37. The Balaban J connectivity index is 1.65. The van der Waals surface area contributed by atoms with Crippen LogP contribution in [0.5, 0.6) is 0 Å². The topological polar surface area (TPSA) is 67.2 Å². The van der Waals surface area contributed by atoms with Crippen LogP contribution in [0.25, 0.3) is 0 Å². The molecule has 0 saturated heterocycles. The normalized spacial score (nSPS) is 20.4. The molecule has 2 aliphatic rings. The van der Waals surface area contributed by atoms with E-state index in [1.807, 2.05) is 11.5 Å². The van der Waals surface area contributed by atoms with Gasteiger partial charge in [0.2, 0.25) is 5.91 Å². The molecule has 2 amide bonds. The predicted molar refractivity (Wildman–Crippen MR) is 82.4 cm³/mol. The standard InChI is InChI=1S/C16H24N4O2/c1-3-19(2)16(22)14-13-7-6-12(9-20(13)10-18-14)15(21)17-8-11-4-5-11/h10-12H,3-9H2,1-2H3,(H,17,21). The number of hydrogen-bond acceptors (Lipinski definition) is 3. The molecule has 3 rings (SSSR count). The van der Waals surface area contributed by atoms with Crippen molar-refractivity contribution in [3.63, 3.8) is 0 Å². The molecule has 1 saturated carbocycles. The summed E-state index contributed by atoms with van der Waals surface area (Å²) < 4.78 is 1.97. The molecule has 1 aromatic heterocycles. The van der Waals surface area contributed by atoms with Crippen molar-refractivity contribution in [1.29, 1.82) is 0 Å². The van der Waals surface area contributed by atoms with E-state index in [1.165, 1.54) is 12.8 Å². The maximum Gasteiger partial charge on any atom is 0.274 e. The number of hydrogen-bond donors (Lipinski definition) is 1. The lowest BCUT2D eigenvalue weighted by atomic mass is 9.96. The van der Waals surface area contributed by atoms with Gasteiger partial charge in [-0.15, -0.1) is 0 Å². The van der Waals surface area contributed by atoms with E-state index in [-0.39, 0.29) is 17.7 Å². The van der Waals surface area contributed by atoms with Crippen molar-refractivity contribution in [3.05, 3.63) is 17.7 Å². The van der Waals surface area contributed by atoms with Gasteiger partial charge in [0.25, 0.3) is 5.91 Å². The number of amides is 2.